The molecule has 0 aromatic heterocycles. The largest absolute Gasteiger partial charge is 0.0654 e. The Morgan fingerprint density at radius 1 is 0.595 bits per heavy atom. The monoisotopic (exact) mass is 496 g/mol. The molecule has 0 nitrogen and oxygen atoms in total. The Morgan fingerprint density at radius 3 is 1.32 bits per heavy atom. The first-order valence-electron chi connectivity index (χ1n) is 15.4. The van der Waals surface area contributed by atoms with Crippen LogP contribution in [0.25, 0.3) is 11.1 Å². The fourth-order valence-corrected chi connectivity index (χ4v) is 7.94. The average Bonchev–Trinajstić information content (AvgIpc) is 3.38. The molecule has 2 aliphatic rings. The molecule has 0 heteroatoms. The van der Waals surface area contributed by atoms with Crippen LogP contribution in [0.3, 0.4) is 0 Å². The molecule has 2 aliphatic carbocycles. The summed E-state index contributed by atoms with van der Waals surface area (Å²) in [4.78, 5) is 0. The highest BCUT2D eigenvalue weighted by Gasteiger charge is 2.49. The topological polar surface area (TPSA) is 0 Å². The van der Waals surface area contributed by atoms with E-state index < -0.39 is 0 Å². The summed E-state index contributed by atoms with van der Waals surface area (Å²) in [6, 6.07) is 18.9. The summed E-state index contributed by atoms with van der Waals surface area (Å²) in [5, 5.41) is 0. The number of allylic oxidation sites excluding steroid dienone is 4. The Morgan fingerprint density at radius 2 is 0.973 bits per heavy atom. The highest BCUT2D eigenvalue weighted by Crippen LogP contribution is 2.63. The van der Waals surface area contributed by atoms with Crippen molar-refractivity contribution in [3.8, 4) is 0 Å². The van der Waals surface area contributed by atoms with E-state index in [-0.39, 0.29) is 5.41 Å². The number of rotatable bonds is 12. The Hall–Kier alpha value is -2.08. The van der Waals surface area contributed by atoms with Crippen LogP contribution in [0, 0.1) is 17.3 Å². The van der Waals surface area contributed by atoms with Crippen molar-refractivity contribution in [1.29, 1.82) is 0 Å². The second-order valence-corrected chi connectivity index (χ2v) is 13.0. The highest BCUT2D eigenvalue weighted by molar-refractivity contribution is 5.82. The summed E-state index contributed by atoms with van der Waals surface area (Å²) in [5.41, 5.74) is 13.1. The Bertz CT molecular complexity index is 1050. The molecule has 37 heavy (non-hydrogen) atoms. The molecule has 2 unspecified atom stereocenters. The number of benzene rings is 2. The quantitative estimate of drug-likeness (QED) is 0.256. The zero-order chi connectivity index (χ0) is 26.7. The van der Waals surface area contributed by atoms with E-state index in [9.17, 15) is 0 Å². The maximum absolute atomic E-state index is 2.61. The van der Waals surface area contributed by atoms with Crippen molar-refractivity contribution in [2.45, 2.75) is 119 Å². The van der Waals surface area contributed by atoms with Gasteiger partial charge in [-0.1, -0.05) is 141 Å². The molecule has 0 spiro atoms. The van der Waals surface area contributed by atoms with Crippen LogP contribution < -0.4 is 0 Å². The van der Waals surface area contributed by atoms with Crippen molar-refractivity contribution in [2.75, 3.05) is 0 Å². The summed E-state index contributed by atoms with van der Waals surface area (Å²) in [6.07, 6.45) is 10.3. The second-order valence-electron chi connectivity index (χ2n) is 13.0. The maximum Gasteiger partial charge on any atom is 0.0120 e. The molecule has 0 saturated carbocycles. The van der Waals surface area contributed by atoms with Crippen LogP contribution in [-0.4, -0.2) is 0 Å². The first-order chi connectivity index (χ1) is 17.8. The fourth-order valence-electron chi connectivity index (χ4n) is 7.94. The Labute approximate surface area is 228 Å². The first-order valence-corrected chi connectivity index (χ1v) is 15.4. The van der Waals surface area contributed by atoms with Crippen LogP contribution in [0.1, 0.15) is 141 Å². The zero-order valence-electron chi connectivity index (χ0n) is 25.1. The van der Waals surface area contributed by atoms with Crippen molar-refractivity contribution < 1.29 is 0 Å². The van der Waals surface area contributed by atoms with E-state index in [1.807, 2.05) is 0 Å². The van der Waals surface area contributed by atoms with Crippen molar-refractivity contribution in [3.63, 3.8) is 0 Å². The van der Waals surface area contributed by atoms with Gasteiger partial charge in [-0.25, -0.2) is 0 Å². The van der Waals surface area contributed by atoms with E-state index in [1.165, 1.54) is 62.5 Å². The van der Waals surface area contributed by atoms with Gasteiger partial charge in [-0.05, 0) is 76.3 Å². The van der Waals surface area contributed by atoms with Crippen LogP contribution in [0.2, 0.25) is 0 Å². The molecular formula is C37H52. The minimum absolute atomic E-state index is 0.0998. The number of hydrogen-bond donors (Lipinski definition) is 0. The van der Waals surface area contributed by atoms with Gasteiger partial charge >= 0.3 is 0 Å². The van der Waals surface area contributed by atoms with Gasteiger partial charge in [0.05, 0.1) is 0 Å². The molecule has 2 aromatic rings. The van der Waals surface area contributed by atoms with Crippen LogP contribution in [0.15, 0.2) is 59.7 Å². The summed E-state index contributed by atoms with van der Waals surface area (Å²) >= 11 is 0. The molecule has 0 saturated heterocycles. The zero-order valence-corrected chi connectivity index (χ0v) is 25.1. The first kappa shape index (κ1) is 27.9. The molecule has 0 fully saturated rings. The van der Waals surface area contributed by atoms with Gasteiger partial charge in [0.1, 0.15) is 0 Å². The predicted molar refractivity (Wildman–Crippen MR) is 164 cm³/mol. The average molecular weight is 497 g/mol. The standard InChI is InChI=1S/C37H52/c1-9-11-13-23-31-33(25(3)4)27-19-15-17-21-29(27)35(31)37(7,8)36-30-22-18-16-20-28(30)34(26(5)6)32(36)24-14-12-10-2/h15-22,25-26,35-36H,9-14,23-24H2,1-8H3. The molecule has 0 heterocycles. The third-order valence-corrected chi connectivity index (χ3v) is 9.25. The molecular weight excluding hydrogens is 444 g/mol. The van der Waals surface area contributed by atoms with Crippen molar-refractivity contribution in [3.05, 3.63) is 81.9 Å². The van der Waals surface area contributed by atoms with Gasteiger partial charge in [-0.15, -0.1) is 0 Å². The van der Waals surface area contributed by atoms with E-state index in [0.717, 1.165) is 0 Å². The van der Waals surface area contributed by atoms with Gasteiger partial charge in [0.25, 0.3) is 0 Å². The molecule has 200 valence electrons. The van der Waals surface area contributed by atoms with Gasteiger partial charge in [-0.3, -0.25) is 0 Å². The molecule has 2 aromatic carbocycles. The van der Waals surface area contributed by atoms with Crippen LogP contribution >= 0.6 is 0 Å². The molecule has 0 aliphatic heterocycles. The van der Waals surface area contributed by atoms with Gasteiger partial charge in [0.15, 0.2) is 0 Å². The maximum atomic E-state index is 2.61. The molecule has 4 rings (SSSR count). The van der Waals surface area contributed by atoms with E-state index in [2.05, 4.69) is 104 Å². The second kappa shape index (κ2) is 11.8. The molecule has 0 bridgehead atoms. The van der Waals surface area contributed by atoms with Crippen molar-refractivity contribution >= 4 is 11.1 Å². The fraction of sp³-hybridized carbons (Fsp3) is 0.568. The summed E-state index contributed by atoms with van der Waals surface area (Å²) < 4.78 is 0. The van der Waals surface area contributed by atoms with E-state index in [4.69, 9.17) is 0 Å². The molecule has 0 N–H and O–H groups in total. The van der Waals surface area contributed by atoms with Crippen LogP contribution in [-0.2, 0) is 0 Å². The number of hydrogen-bond acceptors (Lipinski definition) is 0. The third-order valence-electron chi connectivity index (χ3n) is 9.25. The lowest BCUT2D eigenvalue weighted by molar-refractivity contribution is 0.266. The smallest absolute Gasteiger partial charge is 0.0120 e. The summed E-state index contributed by atoms with van der Waals surface area (Å²) in [5.74, 6) is 2.06. The minimum atomic E-state index is 0.0998. The van der Waals surface area contributed by atoms with E-state index >= 15 is 0 Å². The van der Waals surface area contributed by atoms with Gasteiger partial charge < -0.3 is 0 Å². The van der Waals surface area contributed by atoms with Gasteiger partial charge in [0, 0.05) is 11.8 Å². The normalized spacial score (nSPS) is 19.4. The highest BCUT2D eigenvalue weighted by atomic mass is 14.5. The molecule has 0 radical (unpaired) electrons. The van der Waals surface area contributed by atoms with Crippen molar-refractivity contribution in [2.24, 2.45) is 17.3 Å². The van der Waals surface area contributed by atoms with E-state index in [1.54, 1.807) is 33.4 Å². The van der Waals surface area contributed by atoms with Gasteiger partial charge in [-0.2, -0.15) is 0 Å². The molecule has 0 amide bonds. The van der Waals surface area contributed by atoms with Gasteiger partial charge in [0.2, 0.25) is 0 Å². The van der Waals surface area contributed by atoms with Crippen LogP contribution in [0.5, 0.6) is 0 Å². The lowest BCUT2D eigenvalue weighted by atomic mass is 9.61. The minimum Gasteiger partial charge on any atom is -0.0654 e. The summed E-state index contributed by atoms with van der Waals surface area (Å²) in [6.45, 7) is 19.6. The lowest BCUT2D eigenvalue weighted by Crippen LogP contribution is -2.31. The van der Waals surface area contributed by atoms with E-state index in [0.29, 0.717) is 23.7 Å². The Balaban J connectivity index is 1.90. The number of fused-ring (bicyclic) bond motifs is 2. The predicted octanol–water partition coefficient (Wildman–Crippen LogP) is 11.6. The molecule has 2 atom stereocenters. The SMILES string of the molecule is CCCCCC1=C(C(C)C)c2ccccc2C1C(C)(C)C1C(CCCCC)=C(C(C)C)c2ccccc21. The summed E-state index contributed by atoms with van der Waals surface area (Å²) in [7, 11) is 0. The third kappa shape index (κ3) is 5.15. The Kier molecular flexibility index (Phi) is 8.88. The lowest BCUT2D eigenvalue weighted by Gasteiger charge is -2.42. The van der Waals surface area contributed by atoms with Crippen LogP contribution in [0.4, 0.5) is 0 Å². The van der Waals surface area contributed by atoms with Crippen molar-refractivity contribution in [1.82, 2.24) is 0 Å². The number of unbranched alkanes of at least 4 members (excludes halogenated alkanes) is 4.